The van der Waals surface area contributed by atoms with E-state index in [0.29, 0.717) is 0 Å². The first-order valence-corrected chi connectivity index (χ1v) is 6.45. The number of benzene rings is 1. The van der Waals surface area contributed by atoms with Gasteiger partial charge in [0.25, 0.3) is 0 Å². The molecule has 0 radical (unpaired) electrons. The lowest BCUT2D eigenvalue weighted by Gasteiger charge is -2.21. The van der Waals surface area contributed by atoms with Crippen LogP contribution in [0.3, 0.4) is 0 Å². The van der Waals surface area contributed by atoms with Gasteiger partial charge in [-0.25, -0.2) is 14.4 Å². The Hall–Kier alpha value is -2.67. The molecule has 1 aromatic carbocycles. The molecular formula is C15H16O7. The summed E-state index contributed by atoms with van der Waals surface area (Å²) in [6.45, 7) is 4.78. The largest absolute Gasteiger partial charge is 0.478 e. The number of rotatable bonds is 7. The van der Waals surface area contributed by atoms with Crippen molar-refractivity contribution in [2.45, 2.75) is 25.7 Å². The number of carboxylic acids is 1. The molecule has 0 bridgehead atoms. The van der Waals surface area contributed by atoms with E-state index >= 15 is 0 Å². The number of esters is 2. The molecule has 0 spiro atoms. The predicted octanol–water partition coefficient (Wildman–Crippen LogP) is 1.37. The van der Waals surface area contributed by atoms with E-state index in [-0.39, 0.29) is 17.5 Å². The first-order valence-electron chi connectivity index (χ1n) is 6.45. The minimum Gasteiger partial charge on any atom is -0.478 e. The van der Waals surface area contributed by atoms with Crippen LogP contribution < -0.4 is 0 Å². The standard InChI is InChI=1S/C15H16O7/c1-3-11(15(20)22-12(16)4-2)21-14(19)10-8-6-5-7-9(10)13(17)18/h4-8,11,15,20H,2-3H2,1H3,(H,17,18). The van der Waals surface area contributed by atoms with E-state index < -0.39 is 30.3 Å². The van der Waals surface area contributed by atoms with Crippen molar-refractivity contribution in [2.75, 3.05) is 0 Å². The van der Waals surface area contributed by atoms with E-state index in [9.17, 15) is 19.5 Å². The Morgan fingerprint density at radius 1 is 1.23 bits per heavy atom. The number of carboxylic acid groups (broad SMARTS) is 1. The highest BCUT2D eigenvalue weighted by molar-refractivity contribution is 6.02. The van der Waals surface area contributed by atoms with Gasteiger partial charge in [-0.1, -0.05) is 25.6 Å². The van der Waals surface area contributed by atoms with Crippen molar-refractivity contribution in [3.8, 4) is 0 Å². The van der Waals surface area contributed by atoms with E-state index in [1.165, 1.54) is 24.3 Å². The maximum Gasteiger partial charge on any atom is 0.339 e. The van der Waals surface area contributed by atoms with E-state index in [1.54, 1.807) is 6.92 Å². The molecule has 118 valence electrons. The van der Waals surface area contributed by atoms with Crippen molar-refractivity contribution in [1.82, 2.24) is 0 Å². The van der Waals surface area contributed by atoms with Gasteiger partial charge in [-0.05, 0) is 18.6 Å². The van der Waals surface area contributed by atoms with Crippen LogP contribution in [0.5, 0.6) is 0 Å². The van der Waals surface area contributed by atoms with E-state index in [4.69, 9.17) is 9.84 Å². The molecule has 7 nitrogen and oxygen atoms in total. The molecule has 0 saturated heterocycles. The third-order valence-electron chi connectivity index (χ3n) is 2.76. The Morgan fingerprint density at radius 2 is 1.82 bits per heavy atom. The SMILES string of the molecule is C=CC(=O)OC(O)C(CC)OC(=O)c1ccccc1C(=O)O. The summed E-state index contributed by atoms with van der Waals surface area (Å²) in [5.41, 5.74) is -0.379. The molecule has 0 fully saturated rings. The first-order chi connectivity index (χ1) is 10.4. The maximum atomic E-state index is 12.0. The number of aliphatic hydroxyl groups is 1. The number of aliphatic hydroxyl groups excluding tert-OH is 1. The fourth-order valence-corrected chi connectivity index (χ4v) is 1.63. The Bertz CT molecular complexity index is 579. The van der Waals surface area contributed by atoms with Gasteiger partial charge in [0, 0.05) is 6.08 Å². The quantitative estimate of drug-likeness (QED) is 0.444. The molecule has 2 atom stereocenters. The van der Waals surface area contributed by atoms with Crippen molar-refractivity contribution in [1.29, 1.82) is 0 Å². The van der Waals surface area contributed by atoms with Gasteiger partial charge in [0.05, 0.1) is 11.1 Å². The molecule has 0 aliphatic rings. The molecule has 0 amide bonds. The minimum absolute atomic E-state index is 0.157. The van der Waals surface area contributed by atoms with Gasteiger partial charge in [0.15, 0.2) is 6.10 Å². The Kier molecular flexibility index (Phi) is 6.27. The average Bonchev–Trinajstić information content (AvgIpc) is 2.51. The van der Waals surface area contributed by atoms with Gasteiger partial charge in [0.1, 0.15) is 0 Å². The molecule has 0 aromatic heterocycles. The average molecular weight is 308 g/mol. The lowest BCUT2D eigenvalue weighted by molar-refractivity contribution is -0.181. The lowest BCUT2D eigenvalue weighted by atomic mass is 10.1. The zero-order chi connectivity index (χ0) is 16.7. The number of carbonyl (C=O) groups is 3. The van der Waals surface area contributed by atoms with Crippen molar-refractivity contribution in [2.24, 2.45) is 0 Å². The van der Waals surface area contributed by atoms with Crippen LogP contribution in [-0.4, -0.2) is 40.5 Å². The molecule has 1 rings (SSSR count). The van der Waals surface area contributed by atoms with E-state index in [2.05, 4.69) is 11.3 Å². The van der Waals surface area contributed by atoms with Crippen LogP contribution in [0.25, 0.3) is 0 Å². The highest BCUT2D eigenvalue weighted by Crippen LogP contribution is 2.14. The Labute approximate surface area is 126 Å². The van der Waals surface area contributed by atoms with Crippen LogP contribution in [0, 0.1) is 0 Å². The van der Waals surface area contributed by atoms with Crippen LogP contribution in [0.4, 0.5) is 0 Å². The summed E-state index contributed by atoms with van der Waals surface area (Å²) in [6.07, 6.45) is -1.78. The summed E-state index contributed by atoms with van der Waals surface area (Å²) in [4.78, 5) is 34.1. The van der Waals surface area contributed by atoms with Gasteiger partial charge in [-0.2, -0.15) is 0 Å². The summed E-state index contributed by atoms with van der Waals surface area (Å²) in [6, 6.07) is 5.51. The third-order valence-corrected chi connectivity index (χ3v) is 2.76. The normalized spacial score (nSPS) is 12.8. The summed E-state index contributed by atoms with van der Waals surface area (Å²) in [7, 11) is 0. The zero-order valence-electron chi connectivity index (χ0n) is 11.9. The number of hydrogen-bond donors (Lipinski definition) is 2. The highest BCUT2D eigenvalue weighted by Gasteiger charge is 2.27. The number of aromatic carboxylic acids is 1. The molecular weight excluding hydrogens is 292 g/mol. The minimum atomic E-state index is -1.67. The molecule has 2 N–H and O–H groups in total. The molecule has 0 aliphatic heterocycles. The monoisotopic (exact) mass is 308 g/mol. The second kappa shape index (κ2) is 7.94. The van der Waals surface area contributed by atoms with Gasteiger partial charge >= 0.3 is 17.9 Å². The van der Waals surface area contributed by atoms with Gasteiger partial charge in [0.2, 0.25) is 6.29 Å². The zero-order valence-corrected chi connectivity index (χ0v) is 11.9. The van der Waals surface area contributed by atoms with Crippen molar-refractivity contribution in [3.63, 3.8) is 0 Å². The van der Waals surface area contributed by atoms with E-state index in [0.717, 1.165) is 6.08 Å². The van der Waals surface area contributed by atoms with Crippen molar-refractivity contribution < 1.29 is 34.1 Å². The molecule has 2 unspecified atom stereocenters. The molecule has 7 heteroatoms. The topological polar surface area (TPSA) is 110 Å². The number of ether oxygens (including phenoxy) is 2. The van der Waals surface area contributed by atoms with Crippen molar-refractivity contribution >= 4 is 17.9 Å². The second-order valence-corrected chi connectivity index (χ2v) is 4.23. The predicted molar refractivity (Wildman–Crippen MR) is 75.2 cm³/mol. The Morgan fingerprint density at radius 3 is 2.32 bits per heavy atom. The first kappa shape index (κ1) is 17.4. The van der Waals surface area contributed by atoms with Gasteiger partial charge in [-0.15, -0.1) is 0 Å². The highest BCUT2D eigenvalue weighted by atomic mass is 16.7. The molecule has 22 heavy (non-hydrogen) atoms. The molecule has 0 aliphatic carbocycles. The van der Waals surface area contributed by atoms with E-state index in [1.807, 2.05) is 0 Å². The van der Waals surface area contributed by atoms with Crippen molar-refractivity contribution in [3.05, 3.63) is 48.0 Å². The summed E-state index contributed by atoms with van der Waals surface area (Å²) in [5, 5.41) is 18.7. The summed E-state index contributed by atoms with van der Waals surface area (Å²) >= 11 is 0. The van der Waals surface area contributed by atoms with Crippen LogP contribution in [-0.2, 0) is 14.3 Å². The summed E-state index contributed by atoms with van der Waals surface area (Å²) < 4.78 is 9.59. The van der Waals surface area contributed by atoms with Crippen LogP contribution in [0.2, 0.25) is 0 Å². The smallest absolute Gasteiger partial charge is 0.339 e. The Balaban J connectivity index is 2.88. The van der Waals surface area contributed by atoms with Gasteiger partial charge in [-0.3, -0.25) is 0 Å². The number of carbonyl (C=O) groups excluding carboxylic acids is 2. The molecule has 1 aromatic rings. The van der Waals surface area contributed by atoms with Crippen LogP contribution in [0.1, 0.15) is 34.1 Å². The second-order valence-electron chi connectivity index (χ2n) is 4.23. The molecule has 0 saturated carbocycles. The third kappa shape index (κ3) is 4.42. The lowest BCUT2D eigenvalue weighted by Crippen LogP contribution is -2.34. The fraction of sp³-hybridized carbons (Fsp3) is 0.267. The molecule has 0 heterocycles. The van der Waals surface area contributed by atoms with Gasteiger partial charge < -0.3 is 19.7 Å². The maximum absolute atomic E-state index is 12.0. The van der Waals surface area contributed by atoms with Crippen LogP contribution >= 0.6 is 0 Å². The fourth-order valence-electron chi connectivity index (χ4n) is 1.63. The number of hydrogen-bond acceptors (Lipinski definition) is 6. The summed E-state index contributed by atoms with van der Waals surface area (Å²) in [5.74, 6) is -3.08. The van der Waals surface area contributed by atoms with Crippen LogP contribution in [0.15, 0.2) is 36.9 Å².